The summed E-state index contributed by atoms with van der Waals surface area (Å²) in [6, 6.07) is 16.8. The van der Waals surface area contributed by atoms with E-state index in [0.29, 0.717) is 17.0 Å². The van der Waals surface area contributed by atoms with Gasteiger partial charge in [0, 0.05) is 17.3 Å². The molecule has 7 heteroatoms. The van der Waals surface area contributed by atoms with Crippen LogP contribution in [-0.4, -0.2) is 18.8 Å². The minimum Gasteiger partial charge on any atom is -0.492 e. The number of hydrogen-bond acceptors (Lipinski definition) is 4. The highest BCUT2D eigenvalue weighted by Gasteiger charge is 2.48. The van der Waals surface area contributed by atoms with E-state index in [4.69, 9.17) is 4.74 Å². The van der Waals surface area contributed by atoms with Crippen molar-refractivity contribution in [2.45, 2.75) is 51.7 Å². The first-order chi connectivity index (χ1) is 16.4. The third-order valence-corrected chi connectivity index (χ3v) is 6.64. The second-order valence-electron chi connectivity index (χ2n) is 10.4. The summed E-state index contributed by atoms with van der Waals surface area (Å²) < 4.78 is 41.8. The molecule has 1 atom stereocenters. The molecule has 1 N–H and O–H groups in total. The van der Waals surface area contributed by atoms with Crippen molar-refractivity contribution in [3.05, 3.63) is 71.3 Å². The third kappa shape index (κ3) is 3.99. The van der Waals surface area contributed by atoms with E-state index in [9.17, 15) is 13.6 Å². The summed E-state index contributed by atoms with van der Waals surface area (Å²) >= 11 is 0. The van der Waals surface area contributed by atoms with Crippen LogP contribution < -0.4 is 19.5 Å². The maximum Gasteiger partial charge on any atom is 0.586 e. The van der Waals surface area contributed by atoms with Crippen LogP contribution >= 0.6 is 0 Å². The van der Waals surface area contributed by atoms with Crippen LogP contribution in [0.25, 0.3) is 11.1 Å². The zero-order chi connectivity index (χ0) is 25.2. The molecular formula is C28H27F2NO4. The number of carbonyl (C=O) groups excluding carboxylic acids is 1. The summed E-state index contributed by atoms with van der Waals surface area (Å²) in [4.78, 5) is 13.5. The largest absolute Gasteiger partial charge is 0.586 e. The third-order valence-electron chi connectivity index (χ3n) is 6.64. The molecule has 0 fully saturated rings. The molecule has 182 valence electrons. The van der Waals surface area contributed by atoms with Crippen molar-refractivity contribution in [2.75, 3.05) is 11.9 Å². The molecule has 0 bridgehead atoms. The fourth-order valence-corrected chi connectivity index (χ4v) is 4.65. The lowest BCUT2D eigenvalue weighted by molar-refractivity contribution is -0.286. The van der Waals surface area contributed by atoms with Crippen LogP contribution in [0.15, 0.2) is 54.6 Å². The van der Waals surface area contributed by atoms with Crippen LogP contribution in [0.3, 0.4) is 0 Å². The molecule has 35 heavy (non-hydrogen) atoms. The molecule has 3 aromatic carbocycles. The highest BCUT2D eigenvalue weighted by atomic mass is 19.3. The smallest absolute Gasteiger partial charge is 0.492 e. The number of fused-ring (bicyclic) bond motifs is 2. The van der Waals surface area contributed by atoms with E-state index in [0.717, 1.165) is 16.7 Å². The Labute approximate surface area is 203 Å². The molecule has 2 heterocycles. The van der Waals surface area contributed by atoms with E-state index in [1.807, 2.05) is 37.3 Å². The Morgan fingerprint density at radius 2 is 1.63 bits per heavy atom. The van der Waals surface area contributed by atoms with E-state index in [-0.39, 0.29) is 29.4 Å². The first kappa shape index (κ1) is 23.1. The van der Waals surface area contributed by atoms with Crippen LogP contribution in [0.4, 0.5) is 14.5 Å². The maximum atomic E-state index is 13.5. The van der Waals surface area contributed by atoms with Crippen molar-refractivity contribution in [1.29, 1.82) is 0 Å². The van der Waals surface area contributed by atoms with Gasteiger partial charge in [-0.15, -0.1) is 8.78 Å². The monoisotopic (exact) mass is 479 g/mol. The normalized spacial score (nSPS) is 19.7. The molecule has 0 aromatic heterocycles. The van der Waals surface area contributed by atoms with Crippen molar-refractivity contribution in [2.24, 2.45) is 0 Å². The topological polar surface area (TPSA) is 56.8 Å². The first-order valence-corrected chi connectivity index (χ1v) is 11.5. The predicted octanol–water partition coefficient (Wildman–Crippen LogP) is 6.57. The summed E-state index contributed by atoms with van der Waals surface area (Å²) in [6.07, 6.45) is -3.74. The molecule has 5 nitrogen and oxygen atoms in total. The van der Waals surface area contributed by atoms with E-state index in [1.165, 1.54) is 17.7 Å². The summed E-state index contributed by atoms with van der Waals surface area (Å²) in [5.74, 6) is -0.207. The predicted molar refractivity (Wildman–Crippen MR) is 129 cm³/mol. The minimum atomic E-state index is -3.74. The zero-order valence-corrected chi connectivity index (χ0v) is 20.3. The van der Waals surface area contributed by atoms with Gasteiger partial charge in [0.25, 0.3) is 0 Å². The van der Waals surface area contributed by atoms with E-state index in [2.05, 4.69) is 47.7 Å². The number of carbonyl (C=O) groups is 1. The lowest BCUT2D eigenvalue weighted by Gasteiger charge is -2.25. The lowest BCUT2D eigenvalue weighted by atomic mass is 9.81. The standard InChI is InChI=1S/C28H27F2NO4/c1-16-10-11-17(12-19(16)18-8-6-7-9-20(18)26(2,3)4)31-25(32)27(5)15-33-22-14-24-23(13-21(22)27)34-28(29,30)35-24/h6-14H,15H2,1-5H3,(H,31,32). The van der Waals surface area contributed by atoms with Gasteiger partial charge in [-0.25, -0.2) is 0 Å². The number of halogens is 2. The van der Waals surface area contributed by atoms with Gasteiger partial charge in [0.1, 0.15) is 17.8 Å². The molecule has 0 radical (unpaired) electrons. The Balaban J connectivity index is 1.46. The molecule has 1 unspecified atom stereocenters. The Morgan fingerprint density at radius 1 is 0.943 bits per heavy atom. The number of nitrogens with one attached hydrogen (secondary N) is 1. The van der Waals surface area contributed by atoms with Crippen LogP contribution in [0.5, 0.6) is 17.2 Å². The quantitative estimate of drug-likeness (QED) is 0.462. The molecule has 5 rings (SSSR count). The number of rotatable bonds is 3. The Kier molecular flexibility index (Phi) is 5.09. The highest BCUT2D eigenvalue weighted by Crippen LogP contribution is 2.50. The average molecular weight is 480 g/mol. The number of anilines is 1. The van der Waals surface area contributed by atoms with Gasteiger partial charge >= 0.3 is 6.29 Å². The van der Waals surface area contributed by atoms with Gasteiger partial charge in [-0.05, 0) is 59.7 Å². The minimum absolute atomic E-state index is 0.0521. The van der Waals surface area contributed by atoms with Crippen LogP contribution in [-0.2, 0) is 15.6 Å². The summed E-state index contributed by atoms with van der Waals surface area (Å²) in [5, 5.41) is 3.01. The number of alkyl halides is 2. The average Bonchev–Trinajstić information content (AvgIpc) is 3.27. The lowest BCUT2D eigenvalue weighted by Crippen LogP contribution is -2.39. The summed E-state index contributed by atoms with van der Waals surface area (Å²) in [6.45, 7) is 10.4. The van der Waals surface area contributed by atoms with Crippen LogP contribution in [0.2, 0.25) is 0 Å². The first-order valence-electron chi connectivity index (χ1n) is 11.5. The number of amides is 1. The Morgan fingerprint density at radius 3 is 2.34 bits per heavy atom. The van der Waals surface area contributed by atoms with Gasteiger partial charge in [0.2, 0.25) is 5.91 Å². The molecule has 1 amide bonds. The second kappa shape index (κ2) is 7.70. The van der Waals surface area contributed by atoms with Crippen molar-refractivity contribution in [1.82, 2.24) is 0 Å². The number of aryl methyl sites for hydroxylation is 1. The number of ether oxygens (including phenoxy) is 3. The SMILES string of the molecule is Cc1ccc(NC(=O)C2(C)COc3cc4c(cc32)OC(F)(F)O4)cc1-c1ccccc1C(C)(C)C. The molecule has 2 aliphatic heterocycles. The number of benzene rings is 3. The zero-order valence-electron chi connectivity index (χ0n) is 20.3. The van der Waals surface area contributed by atoms with E-state index >= 15 is 0 Å². The van der Waals surface area contributed by atoms with Gasteiger partial charge in [0.05, 0.1) is 0 Å². The molecule has 0 spiro atoms. The van der Waals surface area contributed by atoms with Gasteiger partial charge in [-0.2, -0.15) is 0 Å². The second-order valence-corrected chi connectivity index (χ2v) is 10.4. The van der Waals surface area contributed by atoms with E-state index < -0.39 is 11.7 Å². The molecule has 0 saturated carbocycles. The summed E-state index contributed by atoms with van der Waals surface area (Å²) in [5.41, 5.74) is 4.42. The maximum absolute atomic E-state index is 13.5. The van der Waals surface area contributed by atoms with Gasteiger partial charge in [-0.1, -0.05) is 51.1 Å². The van der Waals surface area contributed by atoms with Crippen LogP contribution in [0.1, 0.15) is 44.4 Å². The van der Waals surface area contributed by atoms with Crippen molar-refractivity contribution in [3.63, 3.8) is 0 Å². The van der Waals surface area contributed by atoms with E-state index in [1.54, 1.807) is 6.92 Å². The van der Waals surface area contributed by atoms with Gasteiger partial charge in [0.15, 0.2) is 11.5 Å². The molecule has 2 aliphatic rings. The fraction of sp³-hybridized carbons (Fsp3) is 0.321. The van der Waals surface area contributed by atoms with Gasteiger partial charge in [-0.3, -0.25) is 4.79 Å². The fourth-order valence-electron chi connectivity index (χ4n) is 4.65. The molecular weight excluding hydrogens is 452 g/mol. The van der Waals surface area contributed by atoms with Crippen LogP contribution in [0, 0.1) is 6.92 Å². The molecule has 3 aromatic rings. The summed E-state index contributed by atoms with van der Waals surface area (Å²) in [7, 11) is 0. The van der Waals surface area contributed by atoms with Crippen molar-refractivity contribution >= 4 is 11.6 Å². The van der Waals surface area contributed by atoms with Crippen molar-refractivity contribution in [3.8, 4) is 28.4 Å². The van der Waals surface area contributed by atoms with Gasteiger partial charge < -0.3 is 19.5 Å². The van der Waals surface area contributed by atoms with Crippen molar-refractivity contribution < 1.29 is 27.8 Å². The number of hydrogen-bond donors (Lipinski definition) is 1. The molecule has 0 aliphatic carbocycles. The Hall–Kier alpha value is -3.61. The highest BCUT2D eigenvalue weighted by molar-refractivity contribution is 6.00. The molecule has 0 saturated heterocycles. The Bertz CT molecular complexity index is 1350.